The fourth-order valence-electron chi connectivity index (χ4n) is 7.12. The van der Waals surface area contributed by atoms with Crippen molar-refractivity contribution in [2.75, 3.05) is 71.3 Å². The van der Waals surface area contributed by atoms with Crippen molar-refractivity contribution in [1.82, 2.24) is 29.9 Å². The molecular formula is C41H42F3N7O9. The second-order valence-electron chi connectivity index (χ2n) is 14.0. The average molecular weight is 834 g/mol. The van der Waals surface area contributed by atoms with E-state index in [-0.39, 0.29) is 43.0 Å². The van der Waals surface area contributed by atoms with Crippen LogP contribution in [-0.2, 0) is 41.8 Å². The maximum Gasteiger partial charge on any atom is 0.416 e. The molecule has 1 saturated heterocycles. The number of benzene rings is 3. The Balaban J connectivity index is 0.741. The van der Waals surface area contributed by atoms with Gasteiger partial charge < -0.3 is 29.6 Å². The fraction of sp³-hybridized carbons (Fsp3) is 0.366. The Hall–Kier alpha value is -6.15. The molecule has 0 spiro atoms. The van der Waals surface area contributed by atoms with Crippen molar-refractivity contribution in [3.8, 4) is 5.69 Å². The van der Waals surface area contributed by atoms with Crippen molar-refractivity contribution >= 4 is 57.2 Å². The number of rotatable bonds is 19. The highest BCUT2D eigenvalue weighted by molar-refractivity contribution is 6.25. The van der Waals surface area contributed by atoms with E-state index in [1.807, 2.05) is 0 Å². The first-order chi connectivity index (χ1) is 28.9. The number of imide groups is 2. The molecule has 3 aromatic carbocycles. The number of hydrogen-bond acceptors (Lipinski definition) is 11. The van der Waals surface area contributed by atoms with Crippen LogP contribution in [0.5, 0.6) is 0 Å². The van der Waals surface area contributed by atoms with Gasteiger partial charge in [0, 0.05) is 60.5 Å². The lowest BCUT2D eigenvalue weighted by Gasteiger charge is -2.27. The molecule has 1 unspecified atom stereocenters. The summed E-state index contributed by atoms with van der Waals surface area (Å²) in [6.45, 7) is 3.16. The number of hydrogen-bond donors (Lipinski definition) is 3. The first-order valence-electron chi connectivity index (χ1n) is 19.3. The average Bonchev–Trinajstić information content (AvgIpc) is 3.83. The van der Waals surface area contributed by atoms with Crippen LogP contribution in [0.25, 0.3) is 27.6 Å². The molecule has 1 atom stereocenters. The minimum absolute atomic E-state index is 0.0451. The molecule has 5 aromatic rings. The number of aromatic nitrogens is 3. The molecule has 316 valence electrons. The molecule has 2 aliphatic rings. The standard InChI is InChI=1S/C41H42F3N7O9/c1-49-24-30-29-23-25(5-10-32(29)50(36(30)48-49)27-8-6-26(7-9-27)41(42,43)44)37(53)46-14-16-58-18-20-60-22-21-59-19-17-57-15-13-45-31-4-2-3-28-35(31)40(56)51(39(28)55)33-11-12-34(52)47-38(33)54/h2-10,23-24,33,45H,11-22H2,1H3,(H,46,53)(H,47,52,54). The highest BCUT2D eigenvalue weighted by Crippen LogP contribution is 2.35. The third-order valence-corrected chi connectivity index (χ3v) is 9.94. The molecule has 60 heavy (non-hydrogen) atoms. The van der Waals surface area contributed by atoms with E-state index < -0.39 is 41.4 Å². The van der Waals surface area contributed by atoms with E-state index in [2.05, 4.69) is 21.0 Å². The molecule has 0 saturated carbocycles. The number of carbonyl (C=O) groups excluding carboxylic acids is 5. The van der Waals surface area contributed by atoms with Gasteiger partial charge in [0.15, 0.2) is 5.65 Å². The largest absolute Gasteiger partial charge is 0.416 e. The van der Waals surface area contributed by atoms with Gasteiger partial charge in [-0.25, -0.2) is 0 Å². The normalized spacial score (nSPS) is 15.6. The Kier molecular flexibility index (Phi) is 12.9. The molecule has 7 rings (SSSR count). The maximum absolute atomic E-state index is 13.2. The van der Waals surface area contributed by atoms with Crippen LogP contribution in [0.15, 0.2) is 66.9 Å². The Bertz CT molecular complexity index is 2410. The van der Waals surface area contributed by atoms with Crippen molar-refractivity contribution < 1.29 is 56.1 Å². The molecule has 0 radical (unpaired) electrons. The third-order valence-electron chi connectivity index (χ3n) is 9.94. The quantitative estimate of drug-likeness (QED) is 0.0812. The SMILES string of the molecule is Cn1cc2c3cc(C(=O)NCCOCCOCCOCCOCCNc4cccc5c4C(=O)N(C4CCC(=O)NC4=O)C5=O)ccc3n(-c3ccc(C(F)(F)F)cc3)c2n1. The van der Waals surface area contributed by atoms with Crippen LogP contribution in [0, 0.1) is 0 Å². The molecular weight excluding hydrogens is 791 g/mol. The van der Waals surface area contributed by atoms with Gasteiger partial charge in [-0.1, -0.05) is 6.07 Å². The van der Waals surface area contributed by atoms with E-state index in [1.165, 1.54) is 18.2 Å². The maximum atomic E-state index is 13.2. The van der Waals surface area contributed by atoms with E-state index in [0.29, 0.717) is 80.9 Å². The number of anilines is 1. The molecule has 3 N–H and O–H groups in total. The van der Waals surface area contributed by atoms with Gasteiger partial charge in [-0.3, -0.25) is 43.4 Å². The minimum Gasteiger partial charge on any atom is -0.382 e. The summed E-state index contributed by atoms with van der Waals surface area (Å²) in [6.07, 6.45) is -2.52. The number of aryl methyl sites for hydroxylation is 1. The highest BCUT2D eigenvalue weighted by Gasteiger charge is 2.45. The topological polar surface area (TPSA) is 184 Å². The highest BCUT2D eigenvalue weighted by atomic mass is 19.4. The smallest absolute Gasteiger partial charge is 0.382 e. The van der Waals surface area contributed by atoms with Crippen LogP contribution in [0.1, 0.15) is 49.5 Å². The van der Waals surface area contributed by atoms with Crippen LogP contribution in [0.3, 0.4) is 0 Å². The van der Waals surface area contributed by atoms with E-state index in [1.54, 1.807) is 52.8 Å². The van der Waals surface area contributed by atoms with Crippen LogP contribution < -0.4 is 16.0 Å². The van der Waals surface area contributed by atoms with E-state index in [0.717, 1.165) is 27.8 Å². The van der Waals surface area contributed by atoms with Gasteiger partial charge in [-0.05, 0) is 61.0 Å². The summed E-state index contributed by atoms with van der Waals surface area (Å²) in [5.41, 5.74) is 2.26. The zero-order valence-electron chi connectivity index (χ0n) is 32.5. The third kappa shape index (κ3) is 9.18. The molecule has 19 heteroatoms. The lowest BCUT2D eigenvalue weighted by Crippen LogP contribution is -2.54. The summed E-state index contributed by atoms with van der Waals surface area (Å²) in [5, 5.41) is 14.1. The Morgan fingerprint density at radius 3 is 2.17 bits per heavy atom. The van der Waals surface area contributed by atoms with Crippen molar-refractivity contribution in [2.24, 2.45) is 7.05 Å². The number of piperidine rings is 1. The zero-order valence-corrected chi connectivity index (χ0v) is 32.5. The summed E-state index contributed by atoms with van der Waals surface area (Å²) in [7, 11) is 1.75. The summed E-state index contributed by atoms with van der Waals surface area (Å²) >= 11 is 0. The summed E-state index contributed by atoms with van der Waals surface area (Å²) in [4.78, 5) is 63.9. The van der Waals surface area contributed by atoms with Crippen LogP contribution >= 0.6 is 0 Å². The number of fused-ring (bicyclic) bond motifs is 4. The predicted octanol–water partition coefficient (Wildman–Crippen LogP) is 3.85. The number of amides is 5. The van der Waals surface area contributed by atoms with Gasteiger partial charge in [0.25, 0.3) is 17.7 Å². The molecule has 0 bridgehead atoms. The zero-order chi connectivity index (χ0) is 42.4. The summed E-state index contributed by atoms with van der Waals surface area (Å²) < 4.78 is 65.1. The lowest BCUT2D eigenvalue weighted by molar-refractivity contribution is -0.138. The number of carbonyl (C=O) groups is 5. The summed E-state index contributed by atoms with van der Waals surface area (Å²) in [5.74, 6) is -2.56. The van der Waals surface area contributed by atoms with Crippen LogP contribution in [0.4, 0.5) is 18.9 Å². The second-order valence-corrected chi connectivity index (χ2v) is 14.0. The van der Waals surface area contributed by atoms with Gasteiger partial charge in [0.2, 0.25) is 11.8 Å². The molecule has 0 aliphatic carbocycles. The van der Waals surface area contributed by atoms with Gasteiger partial charge >= 0.3 is 6.18 Å². The van der Waals surface area contributed by atoms with Gasteiger partial charge in [0.1, 0.15) is 6.04 Å². The number of nitrogens with one attached hydrogen (secondary N) is 3. The molecule has 1 fully saturated rings. The number of nitrogens with zero attached hydrogens (tertiary/aromatic N) is 4. The number of ether oxygens (including phenoxy) is 4. The van der Waals surface area contributed by atoms with Crippen molar-refractivity contribution in [3.05, 3.63) is 89.1 Å². The minimum atomic E-state index is -4.45. The Labute approximate surface area is 340 Å². The molecule has 2 aliphatic heterocycles. The Morgan fingerprint density at radius 1 is 0.833 bits per heavy atom. The molecule has 16 nitrogen and oxygen atoms in total. The Morgan fingerprint density at radius 2 is 1.50 bits per heavy atom. The van der Waals surface area contributed by atoms with Gasteiger partial charge in [-0.15, -0.1) is 0 Å². The molecule has 5 amide bonds. The van der Waals surface area contributed by atoms with Crippen molar-refractivity contribution in [1.29, 1.82) is 0 Å². The van der Waals surface area contributed by atoms with E-state index >= 15 is 0 Å². The number of alkyl halides is 3. The first-order valence-corrected chi connectivity index (χ1v) is 19.3. The van der Waals surface area contributed by atoms with Gasteiger partial charge in [-0.2, -0.15) is 18.3 Å². The predicted molar refractivity (Wildman–Crippen MR) is 210 cm³/mol. The van der Waals surface area contributed by atoms with E-state index in [4.69, 9.17) is 18.9 Å². The van der Waals surface area contributed by atoms with Crippen LogP contribution in [-0.4, -0.2) is 121 Å². The molecule has 2 aromatic heterocycles. The monoisotopic (exact) mass is 833 g/mol. The first kappa shape index (κ1) is 42.0. The fourth-order valence-corrected chi connectivity index (χ4v) is 7.12. The second kappa shape index (κ2) is 18.4. The van der Waals surface area contributed by atoms with Crippen molar-refractivity contribution in [3.63, 3.8) is 0 Å². The van der Waals surface area contributed by atoms with E-state index in [9.17, 15) is 37.1 Å². The summed E-state index contributed by atoms with van der Waals surface area (Å²) in [6, 6.07) is 13.8. The molecule has 4 heterocycles. The van der Waals surface area contributed by atoms with Crippen LogP contribution in [0.2, 0.25) is 0 Å². The lowest BCUT2D eigenvalue weighted by atomic mass is 10.0. The van der Waals surface area contributed by atoms with Gasteiger partial charge in [0.05, 0.1) is 75.1 Å². The number of halogens is 3. The van der Waals surface area contributed by atoms with Crippen molar-refractivity contribution in [2.45, 2.75) is 25.1 Å².